The number of nitro groups is 1. The van der Waals surface area contributed by atoms with Crippen LogP contribution < -0.4 is 5.32 Å². The highest BCUT2D eigenvalue weighted by Gasteiger charge is 2.35. The summed E-state index contributed by atoms with van der Waals surface area (Å²) in [5.74, 6) is -0.292. The minimum atomic E-state index is -4.03. The predicted octanol–water partition coefficient (Wildman–Crippen LogP) is 3.24. The van der Waals surface area contributed by atoms with Gasteiger partial charge in [0.05, 0.1) is 21.7 Å². The molecule has 1 fully saturated rings. The van der Waals surface area contributed by atoms with E-state index in [0.29, 0.717) is 28.8 Å². The largest absolute Gasteiger partial charge is 0.323 e. The summed E-state index contributed by atoms with van der Waals surface area (Å²) in [6.45, 7) is 2.51. The number of nitro benzene ring substituents is 1. The van der Waals surface area contributed by atoms with Crippen LogP contribution in [0.25, 0.3) is 0 Å². The lowest BCUT2D eigenvalue weighted by Gasteiger charge is -2.36. The number of hydrogen-bond acceptors (Lipinski definition) is 6. The van der Waals surface area contributed by atoms with Gasteiger partial charge in [-0.2, -0.15) is 4.31 Å². The molecule has 1 aliphatic rings. The van der Waals surface area contributed by atoms with E-state index in [4.69, 9.17) is 23.2 Å². The second kappa shape index (κ2) is 9.49. The van der Waals surface area contributed by atoms with Gasteiger partial charge in [-0.15, -0.1) is 0 Å². The van der Waals surface area contributed by atoms with Crippen molar-refractivity contribution in [3.8, 4) is 0 Å². The minimum Gasteiger partial charge on any atom is -0.323 e. The normalized spacial score (nSPS) is 16.6. The standard InChI is InChI=1S/C19H20Cl2N4O5S/c1-13(19(26)22-16-7-6-14(20)12-15(16)21)23-8-10-24(11-9-23)31(29,30)18-5-3-2-4-17(18)25(27)28/h2-7,12-13H,8-11H2,1H3,(H,22,26)/t13-/m1/s1. The molecule has 0 aromatic heterocycles. The second-order valence-corrected chi connectivity index (χ2v) is 9.70. The van der Waals surface area contributed by atoms with Crippen molar-refractivity contribution in [2.75, 3.05) is 31.5 Å². The number of carbonyl (C=O) groups is 1. The number of anilines is 1. The van der Waals surface area contributed by atoms with Gasteiger partial charge in [-0.05, 0) is 31.2 Å². The first-order valence-corrected chi connectivity index (χ1v) is 11.5. The number of nitrogens with one attached hydrogen (secondary N) is 1. The van der Waals surface area contributed by atoms with E-state index in [2.05, 4.69) is 5.32 Å². The predicted molar refractivity (Wildman–Crippen MR) is 118 cm³/mol. The molecule has 31 heavy (non-hydrogen) atoms. The van der Waals surface area contributed by atoms with E-state index in [1.165, 1.54) is 28.6 Å². The molecule has 3 rings (SSSR count). The summed E-state index contributed by atoms with van der Waals surface area (Å²) in [7, 11) is -4.03. The van der Waals surface area contributed by atoms with Crippen molar-refractivity contribution < 1.29 is 18.1 Å². The Morgan fingerprint density at radius 2 is 1.77 bits per heavy atom. The van der Waals surface area contributed by atoms with E-state index < -0.39 is 26.7 Å². The second-order valence-electron chi connectivity index (χ2n) is 6.95. The van der Waals surface area contributed by atoms with E-state index in [1.54, 1.807) is 19.1 Å². The van der Waals surface area contributed by atoms with Gasteiger partial charge in [-0.1, -0.05) is 35.3 Å². The molecule has 0 radical (unpaired) electrons. The van der Waals surface area contributed by atoms with Gasteiger partial charge in [0.15, 0.2) is 4.90 Å². The average Bonchev–Trinajstić information content (AvgIpc) is 2.75. The molecule has 166 valence electrons. The Morgan fingerprint density at radius 1 is 1.13 bits per heavy atom. The lowest BCUT2D eigenvalue weighted by Crippen LogP contribution is -2.54. The Balaban J connectivity index is 1.66. The molecule has 2 aromatic rings. The van der Waals surface area contributed by atoms with Gasteiger partial charge in [0.25, 0.3) is 5.69 Å². The molecular weight excluding hydrogens is 467 g/mol. The number of halogens is 2. The van der Waals surface area contributed by atoms with Crippen molar-refractivity contribution >= 4 is 50.5 Å². The quantitative estimate of drug-likeness (QED) is 0.495. The van der Waals surface area contributed by atoms with Crippen molar-refractivity contribution in [3.63, 3.8) is 0 Å². The van der Waals surface area contributed by atoms with Crippen molar-refractivity contribution in [2.24, 2.45) is 0 Å². The zero-order valence-electron chi connectivity index (χ0n) is 16.5. The van der Waals surface area contributed by atoms with Crippen LogP contribution in [-0.2, 0) is 14.8 Å². The summed E-state index contributed by atoms with van der Waals surface area (Å²) in [4.78, 5) is 24.6. The van der Waals surface area contributed by atoms with E-state index >= 15 is 0 Å². The summed E-state index contributed by atoms with van der Waals surface area (Å²) >= 11 is 12.0. The average molecular weight is 487 g/mol. The topological polar surface area (TPSA) is 113 Å². The molecule has 0 unspecified atom stereocenters. The highest BCUT2D eigenvalue weighted by atomic mass is 35.5. The van der Waals surface area contributed by atoms with Crippen LogP contribution in [0.5, 0.6) is 0 Å². The van der Waals surface area contributed by atoms with Crippen LogP contribution in [0.4, 0.5) is 11.4 Å². The van der Waals surface area contributed by atoms with Gasteiger partial charge < -0.3 is 5.32 Å². The Bertz CT molecular complexity index is 1100. The van der Waals surface area contributed by atoms with E-state index in [9.17, 15) is 23.3 Å². The van der Waals surface area contributed by atoms with Crippen molar-refractivity contribution in [2.45, 2.75) is 17.9 Å². The number of hydrogen-bond donors (Lipinski definition) is 1. The van der Waals surface area contributed by atoms with Gasteiger partial charge in [-0.3, -0.25) is 19.8 Å². The first-order valence-electron chi connectivity index (χ1n) is 9.35. The minimum absolute atomic E-state index is 0.105. The van der Waals surface area contributed by atoms with Gasteiger partial charge >= 0.3 is 0 Å². The van der Waals surface area contributed by atoms with Crippen LogP contribution >= 0.6 is 23.2 Å². The summed E-state index contributed by atoms with van der Waals surface area (Å²) in [5.41, 5.74) is -0.0296. The molecule has 1 N–H and O–H groups in total. The van der Waals surface area contributed by atoms with E-state index in [0.717, 1.165) is 6.07 Å². The van der Waals surface area contributed by atoms with Crippen LogP contribution in [-0.4, -0.2) is 60.7 Å². The molecule has 9 nitrogen and oxygen atoms in total. The lowest BCUT2D eigenvalue weighted by molar-refractivity contribution is -0.387. The maximum absolute atomic E-state index is 12.9. The molecule has 0 bridgehead atoms. The van der Waals surface area contributed by atoms with Crippen LogP contribution in [0.3, 0.4) is 0 Å². The number of benzene rings is 2. The monoisotopic (exact) mass is 486 g/mol. The smallest absolute Gasteiger partial charge is 0.289 e. The zero-order chi connectivity index (χ0) is 22.8. The lowest BCUT2D eigenvalue weighted by atomic mass is 10.2. The number of rotatable bonds is 6. The number of nitrogens with zero attached hydrogens (tertiary/aromatic N) is 3. The van der Waals surface area contributed by atoms with Gasteiger partial charge in [0, 0.05) is 37.3 Å². The highest BCUT2D eigenvalue weighted by Crippen LogP contribution is 2.28. The van der Waals surface area contributed by atoms with Crippen LogP contribution in [0.15, 0.2) is 47.4 Å². The summed E-state index contributed by atoms with van der Waals surface area (Å²) in [6.07, 6.45) is 0. The number of piperazine rings is 1. The number of para-hydroxylation sites is 1. The molecular formula is C19H20Cl2N4O5S. The molecule has 0 aliphatic carbocycles. The summed E-state index contributed by atoms with van der Waals surface area (Å²) < 4.78 is 27.1. The maximum atomic E-state index is 12.9. The van der Waals surface area contributed by atoms with E-state index in [1.807, 2.05) is 4.90 Å². The Kier molecular flexibility index (Phi) is 7.17. The first kappa shape index (κ1) is 23.4. The molecule has 1 aliphatic heterocycles. The molecule has 12 heteroatoms. The third kappa shape index (κ3) is 5.16. The van der Waals surface area contributed by atoms with E-state index in [-0.39, 0.29) is 23.9 Å². The van der Waals surface area contributed by atoms with Gasteiger partial charge in [0.1, 0.15) is 0 Å². The van der Waals surface area contributed by atoms with Crippen molar-refractivity contribution in [1.29, 1.82) is 0 Å². The van der Waals surface area contributed by atoms with Crippen molar-refractivity contribution in [1.82, 2.24) is 9.21 Å². The van der Waals surface area contributed by atoms with Crippen LogP contribution in [0, 0.1) is 10.1 Å². The Hall–Kier alpha value is -2.24. The SMILES string of the molecule is C[C@H](C(=O)Nc1ccc(Cl)cc1Cl)N1CCN(S(=O)(=O)c2ccccc2[N+](=O)[O-])CC1. The molecule has 0 saturated carbocycles. The first-order chi connectivity index (χ1) is 14.6. The number of amides is 1. The number of carbonyl (C=O) groups excluding carboxylic acids is 1. The van der Waals surface area contributed by atoms with Gasteiger partial charge in [-0.25, -0.2) is 8.42 Å². The summed E-state index contributed by atoms with van der Waals surface area (Å²) in [6, 6.07) is 9.46. The molecule has 1 heterocycles. The molecule has 1 atom stereocenters. The fourth-order valence-electron chi connectivity index (χ4n) is 3.29. The third-order valence-electron chi connectivity index (χ3n) is 5.07. The molecule has 2 aromatic carbocycles. The van der Waals surface area contributed by atoms with Crippen LogP contribution in [0.2, 0.25) is 10.0 Å². The van der Waals surface area contributed by atoms with Crippen LogP contribution in [0.1, 0.15) is 6.92 Å². The molecule has 1 saturated heterocycles. The maximum Gasteiger partial charge on any atom is 0.289 e. The fourth-order valence-corrected chi connectivity index (χ4v) is 5.33. The highest BCUT2D eigenvalue weighted by molar-refractivity contribution is 7.89. The Labute approximate surface area is 189 Å². The molecule has 0 spiro atoms. The fraction of sp³-hybridized carbons (Fsp3) is 0.316. The zero-order valence-corrected chi connectivity index (χ0v) is 18.8. The molecule has 1 amide bonds. The Morgan fingerprint density at radius 3 is 2.39 bits per heavy atom. The van der Waals surface area contributed by atoms with Gasteiger partial charge in [0.2, 0.25) is 15.9 Å². The number of sulfonamides is 1. The van der Waals surface area contributed by atoms with Crippen molar-refractivity contribution in [3.05, 3.63) is 62.6 Å². The third-order valence-corrected chi connectivity index (χ3v) is 7.56. The summed E-state index contributed by atoms with van der Waals surface area (Å²) in [5, 5.41) is 14.7.